The maximum Gasteiger partial charge on any atom is 0.303 e. The number of hydrogen-bond donors (Lipinski definition) is 2. The van der Waals surface area contributed by atoms with Gasteiger partial charge in [-0.3, -0.25) is 9.78 Å². The largest absolute Gasteiger partial charge is 0.481 e. The monoisotopic (exact) mass is 258 g/mol. The molecule has 1 heterocycles. The van der Waals surface area contributed by atoms with Crippen molar-refractivity contribution in [2.45, 2.75) is 19.8 Å². The van der Waals surface area contributed by atoms with Crippen molar-refractivity contribution in [3.63, 3.8) is 0 Å². The molecule has 1 atom stereocenters. The van der Waals surface area contributed by atoms with E-state index in [0.29, 0.717) is 12.3 Å². The molecule has 0 amide bonds. The third kappa shape index (κ3) is 3.68. The Labute approximate surface area is 112 Å². The topological polar surface area (TPSA) is 62.2 Å². The van der Waals surface area contributed by atoms with Crippen molar-refractivity contribution in [1.29, 1.82) is 0 Å². The number of carbonyl (C=O) groups is 1. The summed E-state index contributed by atoms with van der Waals surface area (Å²) in [5, 5.41) is 13.1. The summed E-state index contributed by atoms with van der Waals surface area (Å²) in [7, 11) is 0. The Morgan fingerprint density at radius 3 is 2.95 bits per heavy atom. The standard InChI is InChI=1S/C15H18N2O2/c1-11(6-7-15(18)19)10-17-14-8-9-16-13-5-3-2-4-12(13)14/h2-5,8-9,11H,6-7,10H2,1H3,(H,16,17)(H,18,19). The van der Waals surface area contributed by atoms with E-state index in [1.165, 1.54) is 0 Å². The molecule has 100 valence electrons. The molecule has 2 aromatic rings. The van der Waals surface area contributed by atoms with Gasteiger partial charge in [0.15, 0.2) is 0 Å². The van der Waals surface area contributed by atoms with Crippen LogP contribution in [0.3, 0.4) is 0 Å². The summed E-state index contributed by atoms with van der Waals surface area (Å²) in [6, 6.07) is 9.92. The van der Waals surface area contributed by atoms with Crippen molar-refractivity contribution in [3.8, 4) is 0 Å². The predicted octanol–water partition coefficient (Wildman–Crippen LogP) is 3.15. The van der Waals surface area contributed by atoms with Crippen LogP contribution in [-0.2, 0) is 4.79 Å². The fraction of sp³-hybridized carbons (Fsp3) is 0.333. The first-order chi connectivity index (χ1) is 9.16. The van der Waals surface area contributed by atoms with Crippen molar-refractivity contribution in [1.82, 2.24) is 4.98 Å². The second-order valence-electron chi connectivity index (χ2n) is 4.79. The molecule has 0 fully saturated rings. The quantitative estimate of drug-likeness (QED) is 0.835. The first-order valence-corrected chi connectivity index (χ1v) is 6.46. The van der Waals surface area contributed by atoms with Crippen LogP contribution in [0.15, 0.2) is 36.5 Å². The van der Waals surface area contributed by atoms with Crippen LogP contribution in [0.5, 0.6) is 0 Å². The van der Waals surface area contributed by atoms with Crippen LogP contribution in [0.4, 0.5) is 5.69 Å². The van der Waals surface area contributed by atoms with Crippen LogP contribution in [0.25, 0.3) is 10.9 Å². The smallest absolute Gasteiger partial charge is 0.303 e. The Bertz CT molecular complexity index is 564. The molecule has 2 rings (SSSR count). The molecule has 0 spiro atoms. The molecular weight excluding hydrogens is 240 g/mol. The number of benzene rings is 1. The fourth-order valence-corrected chi connectivity index (χ4v) is 2.01. The summed E-state index contributed by atoms with van der Waals surface area (Å²) in [6.45, 7) is 2.82. The molecule has 0 radical (unpaired) electrons. The van der Waals surface area contributed by atoms with E-state index in [-0.39, 0.29) is 6.42 Å². The van der Waals surface area contributed by atoms with Gasteiger partial charge >= 0.3 is 5.97 Å². The number of fused-ring (bicyclic) bond motifs is 1. The molecule has 0 aliphatic carbocycles. The number of aromatic nitrogens is 1. The lowest BCUT2D eigenvalue weighted by Gasteiger charge is -2.14. The van der Waals surface area contributed by atoms with Crippen LogP contribution in [-0.4, -0.2) is 22.6 Å². The van der Waals surface area contributed by atoms with E-state index in [0.717, 1.165) is 23.1 Å². The van der Waals surface area contributed by atoms with E-state index in [2.05, 4.69) is 17.2 Å². The number of pyridine rings is 1. The number of carboxylic acids is 1. The number of anilines is 1. The van der Waals surface area contributed by atoms with E-state index in [4.69, 9.17) is 5.11 Å². The molecule has 0 aliphatic rings. The molecule has 4 heteroatoms. The van der Waals surface area contributed by atoms with Crippen LogP contribution in [0, 0.1) is 5.92 Å². The SMILES string of the molecule is CC(CCC(=O)O)CNc1ccnc2ccccc12. The minimum Gasteiger partial charge on any atom is -0.481 e. The number of hydrogen-bond acceptors (Lipinski definition) is 3. The summed E-state index contributed by atoms with van der Waals surface area (Å²) < 4.78 is 0. The van der Waals surface area contributed by atoms with E-state index in [1.54, 1.807) is 6.20 Å². The third-order valence-corrected chi connectivity index (χ3v) is 3.14. The second kappa shape index (κ2) is 6.18. The highest BCUT2D eigenvalue weighted by Gasteiger charge is 2.06. The number of rotatable bonds is 6. The number of nitrogens with zero attached hydrogens (tertiary/aromatic N) is 1. The molecular formula is C15H18N2O2. The number of para-hydroxylation sites is 1. The molecule has 0 bridgehead atoms. The van der Waals surface area contributed by atoms with Gasteiger partial charge in [0.2, 0.25) is 0 Å². The molecule has 19 heavy (non-hydrogen) atoms. The van der Waals surface area contributed by atoms with Gasteiger partial charge in [-0.1, -0.05) is 25.1 Å². The summed E-state index contributed by atoms with van der Waals surface area (Å²) >= 11 is 0. The van der Waals surface area contributed by atoms with Crippen molar-refractivity contribution in [2.24, 2.45) is 5.92 Å². The molecule has 0 saturated carbocycles. The lowest BCUT2D eigenvalue weighted by atomic mass is 10.1. The average molecular weight is 258 g/mol. The van der Waals surface area contributed by atoms with Gasteiger partial charge in [-0.05, 0) is 24.5 Å². The van der Waals surface area contributed by atoms with Gasteiger partial charge in [0.05, 0.1) is 5.52 Å². The number of aliphatic carboxylic acids is 1. The third-order valence-electron chi connectivity index (χ3n) is 3.14. The Balaban J connectivity index is 2.00. The Kier molecular flexibility index (Phi) is 4.34. The van der Waals surface area contributed by atoms with E-state index in [9.17, 15) is 4.79 Å². The number of carboxylic acid groups (broad SMARTS) is 1. The zero-order valence-electron chi connectivity index (χ0n) is 11.0. The van der Waals surface area contributed by atoms with E-state index < -0.39 is 5.97 Å². The van der Waals surface area contributed by atoms with Crippen molar-refractivity contribution in [3.05, 3.63) is 36.5 Å². The maximum absolute atomic E-state index is 10.5. The Morgan fingerprint density at radius 2 is 2.16 bits per heavy atom. The Hall–Kier alpha value is -2.10. The maximum atomic E-state index is 10.5. The fourth-order valence-electron chi connectivity index (χ4n) is 2.01. The van der Waals surface area contributed by atoms with Gasteiger partial charge < -0.3 is 10.4 Å². The lowest BCUT2D eigenvalue weighted by molar-refractivity contribution is -0.137. The minimum atomic E-state index is -0.735. The van der Waals surface area contributed by atoms with Crippen LogP contribution in [0.1, 0.15) is 19.8 Å². The van der Waals surface area contributed by atoms with Gasteiger partial charge in [0.1, 0.15) is 0 Å². The Morgan fingerprint density at radius 1 is 1.37 bits per heavy atom. The lowest BCUT2D eigenvalue weighted by Crippen LogP contribution is -2.13. The second-order valence-corrected chi connectivity index (χ2v) is 4.79. The first kappa shape index (κ1) is 13.3. The zero-order chi connectivity index (χ0) is 13.7. The molecule has 0 aliphatic heterocycles. The number of nitrogens with one attached hydrogen (secondary N) is 1. The average Bonchev–Trinajstić information content (AvgIpc) is 2.42. The van der Waals surface area contributed by atoms with Crippen LogP contribution >= 0.6 is 0 Å². The van der Waals surface area contributed by atoms with Crippen LogP contribution in [0.2, 0.25) is 0 Å². The first-order valence-electron chi connectivity index (χ1n) is 6.46. The summed E-state index contributed by atoms with van der Waals surface area (Å²) in [4.78, 5) is 14.8. The van der Waals surface area contributed by atoms with Gasteiger partial charge in [-0.2, -0.15) is 0 Å². The zero-order valence-corrected chi connectivity index (χ0v) is 11.0. The normalized spacial score (nSPS) is 12.3. The molecule has 4 nitrogen and oxygen atoms in total. The highest BCUT2D eigenvalue weighted by Crippen LogP contribution is 2.21. The summed E-state index contributed by atoms with van der Waals surface area (Å²) in [6.07, 6.45) is 2.69. The molecule has 2 N–H and O–H groups in total. The van der Waals surface area contributed by atoms with Crippen molar-refractivity contribution >= 4 is 22.6 Å². The summed E-state index contributed by atoms with van der Waals surface area (Å²) in [5.74, 6) is -0.413. The van der Waals surface area contributed by atoms with Crippen LogP contribution < -0.4 is 5.32 Å². The van der Waals surface area contributed by atoms with Gasteiger partial charge in [-0.15, -0.1) is 0 Å². The van der Waals surface area contributed by atoms with Gasteiger partial charge in [0.25, 0.3) is 0 Å². The molecule has 0 saturated heterocycles. The summed E-state index contributed by atoms with van der Waals surface area (Å²) in [5.41, 5.74) is 2.01. The van der Waals surface area contributed by atoms with E-state index >= 15 is 0 Å². The predicted molar refractivity (Wildman–Crippen MR) is 76.3 cm³/mol. The van der Waals surface area contributed by atoms with Gasteiger partial charge in [0, 0.05) is 30.2 Å². The molecule has 1 aromatic heterocycles. The molecule has 1 unspecified atom stereocenters. The van der Waals surface area contributed by atoms with Gasteiger partial charge in [-0.25, -0.2) is 0 Å². The van der Waals surface area contributed by atoms with Crippen molar-refractivity contribution in [2.75, 3.05) is 11.9 Å². The molecule has 1 aromatic carbocycles. The minimum absolute atomic E-state index is 0.222. The van der Waals surface area contributed by atoms with Crippen molar-refractivity contribution < 1.29 is 9.90 Å². The van der Waals surface area contributed by atoms with E-state index in [1.807, 2.05) is 30.3 Å². The highest BCUT2D eigenvalue weighted by atomic mass is 16.4. The highest BCUT2D eigenvalue weighted by molar-refractivity contribution is 5.90.